The van der Waals surface area contributed by atoms with Gasteiger partial charge in [-0.3, -0.25) is 9.78 Å². The topological polar surface area (TPSA) is 94.9 Å². The number of likely N-dealkylation sites (tertiary alicyclic amines) is 1. The van der Waals surface area contributed by atoms with Crippen LogP contribution in [-0.2, 0) is 11.4 Å². The number of hydrogen-bond donors (Lipinski definition) is 3. The van der Waals surface area contributed by atoms with Crippen molar-refractivity contribution in [3.63, 3.8) is 0 Å². The zero-order valence-corrected chi connectivity index (χ0v) is 21.5. The maximum atomic E-state index is 15.8. The summed E-state index contributed by atoms with van der Waals surface area (Å²) in [7, 11) is 1.50. The van der Waals surface area contributed by atoms with Crippen molar-refractivity contribution < 1.29 is 37.3 Å². The van der Waals surface area contributed by atoms with E-state index in [0.717, 1.165) is 6.07 Å². The number of anilines is 1. The molecular weight excluding hydrogens is 518 g/mol. The van der Waals surface area contributed by atoms with Crippen molar-refractivity contribution in [3.8, 4) is 5.75 Å². The summed E-state index contributed by atoms with van der Waals surface area (Å²) in [6.45, 7) is 1.04. The van der Waals surface area contributed by atoms with Crippen molar-refractivity contribution in [3.05, 3.63) is 65.1 Å². The average Bonchev–Trinajstić information content (AvgIpc) is 2.93. The Kier molecular flexibility index (Phi) is 8.91. The number of nitrogens with one attached hydrogen (secondary N) is 1. The van der Waals surface area contributed by atoms with Gasteiger partial charge in [0.1, 0.15) is 17.7 Å². The van der Waals surface area contributed by atoms with Crippen molar-refractivity contribution in [2.24, 2.45) is 5.41 Å². The summed E-state index contributed by atoms with van der Waals surface area (Å²) >= 11 is 0. The molecule has 0 spiro atoms. The number of pyridine rings is 1. The van der Waals surface area contributed by atoms with Crippen molar-refractivity contribution in [1.29, 1.82) is 0 Å². The Labute approximate surface area is 223 Å². The third-order valence-corrected chi connectivity index (χ3v) is 7.56. The molecule has 0 amide bonds. The highest BCUT2D eigenvalue weighted by molar-refractivity contribution is 5.85. The van der Waals surface area contributed by atoms with Gasteiger partial charge in [0.05, 0.1) is 30.3 Å². The van der Waals surface area contributed by atoms with Gasteiger partial charge in [-0.25, -0.2) is 17.6 Å². The molecule has 4 rings (SSSR count). The number of halogens is 4. The Morgan fingerprint density at radius 1 is 1.21 bits per heavy atom. The number of aliphatic carboxylic acids is 1. The second kappa shape index (κ2) is 12.2. The SMILES string of the molecule is COc1ccc2ncc(CO)c(C(F)CCC3(C(=O)O)CCN(CCNc4cc(F)cc(F)c4F)CC3)c2c1. The minimum Gasteiger partial charge on any atom is -0.497 e. The minimum absolute atomic E-state index is 0.0540. The molecular formula is C28H31F4N3O4. The Bertz CT molecular complexity index is 1330. The quantitative estimate of drug-likeness (QED) is 0.223. The molecule has 1 saturated heterocycles. The molecule has 0 aliphatic carbocycles. The maximum absolute atomic E-state index is 15.8. The molecule has 0 bridgehead atoms. The summed E-state index contributed by atoms with van der Waals surface area (Å²) in [5, 5.41) is 23.1. The first-order chi connectivity index (χ1) is 18.7. The lowest BCUT2D eigenvalue weighted by atomic mass is 9.74. The number of carboxylic acid groups (broad SMARTS) is 1. The monoisotopic (exact) mass is 549 g/mol. The smallest absolute Gasteiger partial charge is 0.309 e. The first kappa shape index (κ1) is 28.6. The van der Waals surface area contributed by atoms with Crippen LogP contribution in [0.2, 0.25) is 0 Å². The molecule has 39 heavy (non-hydrogen) atoms. The van der Waals surface area contributed by atoms with E-state index in [9.17, 15) is 28.2 Å². The Balaban J connectivity index is 1.39. The van der Waals surface area contributed by atoms with Crippen molar-refractivity contribution in [2.45, 2.75) is 38.5 Å². The number of carbonyl (C=O) groups is 1. The molecule has 3 aromatic rings. The number of benzene rings is 2. The Morgan fingerprint density at radius 2 is 1.95 bits per heavy atom. The summed E-state index contributed by atoms with van der Waals surface area (Å²) in [6.07, 6.45) is 0.528. The number of rotatable bonds is 11. The molecule has 1 aliphatic rings. The number of aliphatic hydroxyl groups excluding tert-OH is 1. The molecule has 3 N–H and O–H groups in total. The highest BCUT2D eigenvalue weighted by atomic mass is 19.2. The van der Waals surface area contributed by atoms with Crippen LogP contribution in [0.15, 0.2) is 36.5 Å². The molecule has 2 heterocycles. The van der Waals surface area contributed by atoms with Gasteiger partial charge in [-0.05, 0) is 57.0 Å². The van der Waals surface area contributed by atoms with Crippen molar-refractivity contribution >= 4 is 22.6 Å². The molecule has 1 atom stereocenters. The summed E-state index contributed by atoms with van der Waals surface area (Å²) < 4.78 is 61.6. The normalized spacial score (nSPS) is 16.3. The molecule has 0 saturated carbocycles. The fraction of sp³-hybridized carbons (Fsp3) is 0.429. The van der Waals surface area contributed by atoms with E-state index in [1.54, 1.807) is 18.2 Å². The zero-order chi connectivity index (χ0) is 28.2. The number of carboxylic acids is 1. The molecule has 210 valence electrons. The summed E-state index contributed by atoms with van der Waals surface area (Å²) in [4.78, 5) is 18.6. The predicted molar refractivity (Wildman–Crippen MR) is 138 cm³/mol. The van der Waals surface area contributed by atoms with Gasteiger partial charge < -0.3 is 25.2 Å². The van der Waals surface area contributed by atoms with Gasteiger partial charge in [0.2, 0.25) is 0 Å². The number of fused-ring (bicyclic) bond motifs is 1. The van der Waals surface area contributed by atoms with Gasteiger partial charge in [0.15, 0.2) is 11.6 Å². The van der Waals surface area contributed by atoms with Crippen LogP contribution in [0, 0.1) is 22.9 Å². The second-order valence-corrected chi connectivity index (χ2v) is 9.85. The van der Waals surface area contributed by atoms with Crippen LogP contribution < -0.4 is 10.1 Å². The minimum atomic E-state index is -1.52. The third kappa shape index (κ3) is 6.25. The number of aromatic nitrogens is 1. The van der Waals surface area contributed by atoms with Gasteiger partial charge in [-0.2, -0.15) is 0 Å². The molecule has 11 heteroatoms. The van der Waals surface area contributed by atoms with E-state index < -0.39 is 41.6 Å². The van der Waals surface area contributed by atoms with Gasteiger partial charge in [-0.15, -0.1) is 0 Å². The highest BCUT2D eigenvalue weighted by Gasteiger charge is 2.41. The fourth-order valence-corrected chi connectivity index (χ4v) is 5.21. The lowest BCUT2D eigenvalue weighted by molar-refractivity contribution is -0.153. The number of methoxy groups -OCH3 is 1. The summed E-state index contributed by atoms with van der Waals surface area (Å²) in [5.74, 6) is -3.81. The second-order valence-electron chi connectivity index (χ2n) is 9.85. The van der Waals surface area contributed by atoms with Crippen LogP contribution in [0.5, 0.6) is 5.75 Å². The van der Waals surface area contributed by atoms with E-state index in [0.29, 0.717) is 47.9 Å². The lowest BCUT2D eigenvalue weighted by Gasteiger charge is -2.39. The number of nitrogens with zero attached hydrogens (tertiary/aromatic N) is 2. The average molecular weight is 550 g/mol. The molecule has 2 aromatic carbocycles. The van der Waals surface area contributed by atoms with E-state index in [2.05, 4.69) is 10.3 Å². The number of alkyl halides is 1. The fourth-order valence-electron chi connectivity index (χ4n) is 5.21. The van der Waals surface area contributed by atoms with Crippen molar-refractivity contribution in [1.82, 2.24) is 9.88 Å². The highest BCUT2D eigenvalue weighted by Crippen LogP contribution is 2.41. The van der Waals surface area contributed by atoms with Crippen molar-refractivity contribution in [2.75, 3.05) is 38.6 Å². The molecule has 1 unspecified atom stereocenters. The van der Waals surface area contributed by atoms with Crippen LogP contribution in [0.25, 0.3) is 10.9 Å². The molecule has 1 aromatic heterocycles. The molecule has 1 aliphatic heterocycles. The maximum Gasteiger partial charge on any atom is 0.309 e. The van der Waals surface area contributed by atoms with E-state index in [-0.39, 0.29) is 43.5 Å². The van der Waals surface area contributed by atoms with E-state index >= 15 is 4.39 Å². The van der Waals surface area contributed by atoms with Crippen LogP contribution in [0.3, 0.4) is 0 Å². The number of piperidine rings is 1. The van der Waals surface area contributed by atoms with E-state index in [1.807, 2.05) is 4.90 Å². The summed E-state index contributed by atoms with van der Waals surface area (Å²) in [5.41, 5.74) is -0.231. The Morgan fingerprint density at radius 3 is 2.62 bits per heavy atom. The van der Waals surface area contributed by atoms with Crippen LogP contribution in [0.4, 0.5) is 23.2 Å². The molecule has 7 nitrogen and oxygen atoms in total. The first-order valence-corrected chi connectivity index (χ1v) is 12.7. The zero-order valence-electron chi connectivity index (χ0n) is 21.5. The lowest BCUT2D eigenvalue weighted by Crippen LogP contribution is -2.45. The number of hydrogen-bond acceptors (Lipinski definition) is 6. The van der Waals surface area contributed by atoms with Gasteiger partial charge in [0.25, 0.3) is 0 Å². The van der Waals surface area contributed by atoms with Crippen LogP contribution >= 0.6 is 0 Å². The van der Waals surface area contributed by atoms with E-state index in [4.69, 9.17) is 4.74 Å². The van der Waals surface area contributed by atoms with Gasteiger partial charge in [-0.1, -0.05) is 0 Å². The number of ether oxygens (including phenoxy) is 1. The molecule has 1 fully saturated rings. The standard InChI is InChI=1S/C28H31F4N3O4/c1-39-19-2-3-23-20(14-19)25(17(16-36)15-34-23)21(30)4-5-28(27(37)38)6-9-35(10-7-28)11-8-33-24-13-18(29)12-22(31)26(24)32/h2-3,12-15,21,33,36H,4-11,16H2,1H3,(H,37,38). The van der Waals surface area contributed by atoms with Gasteiger partial charge in [0, 0.05) is 47.9 Å². The van der Waals surface area contributed by atoms with Gasteiger partial charge >= 0.3 is 5.97 Å². The summed E-state index contributed by atoms with van der Waals surface area (Å²) in [6, 6.07) is 6.42. The third-order valence-electron chi connectivity index (χ3n) is 7.56. The Hall–Kier alpha value is -3.44. The van der Waals surface area contributed by atoms with Crippen LogP contribution in [0.1, 0.15) is 43.0 Å². The van der Waals surface area contributed by atoms with E-state index in [1.165, 1.54) is 13.3 Å². The predicted octanol–water partition coefficient (Wildman–Crippen LogP) is 5.22. The first-order valence-electron chi connectivity index (χ1n) is 12.7. The van der Waals surface area contributed by atoms with Crippen LogP contribution in [-0.4, -0.2) is 59.4 Å². The largest absolute Gasteiger partial charge is 0.497 e. The molecule has 0 radical (unpaired) electrons. The number of aliphatic hydroxyl groups is 1.